The third-order valence-electron chi connectivity index (χ3n) is 13.5. The molecule has 17 heteroatoms. The van der Waals surface area contributed by atoms with Gasteiger partial charge in [-0.1, -0.05) is 71.8 Å². The van der Waals surface area contributed by atoms with E-state index in [4.69, 9.17) is 38.2 Å². The number of amides is 2. The number of carbonyl (C=O) groups excluding carboxylic acids is 2. The third kappa shape index (κ3) is 11.5. The van der Waals surface area contributed by atoms with Gasteiger partial charge in [0.15, 0.2) is 5.82 Å². The fourth-order valence-corrected chi connectivity index (χ4v) is 10.3. The van der Waals surface area contributed by atoms with Gasteiger partial charge in [0, 0.05) is 109 Å². The largest absolute Gasteiger partial charge is 0.360 e. The van der Waals surface area contributed by atoms with E-state index in [-0.39, 0.29) is 23.9 Å². The number of likely N-dealkylation sites (tertiary alicyclic amines) is 2. The van der Waals surface area contributed by atoms with Gasteiger partial charge in [-0.15, -0.1) is 0 Å². The number of hydrogen-bond donors (Lipinski definition) is 4. The molecule has 2 saturated heterocycles. The molecule has 15 nitrogen and oxygen atoms in total. The smallest absolute Gasteiger partial charge is 0.246 e. The zero-order valence-electron chi connectivity index (χ0n) is 40.0. The summed E-state index contributed by atoms with van der Waals surface area (Å²) in [5.41, 5.74) is 4.72. The number of H-pyrrole nitrogens is 1. The Morgan fingerprint density at radius 3 is 2.19 bits per heavy atom. The minimum absolute atomic E-state index is 0.000382. The highest BCUT2D eigenvalue weighted by Gasteiger charge is 2.29. The van der Waals surface area contributed by atoms with Crippen molar-refractivity contribution in [2.75, 3.05) is 84.6 Å². The highest BCUT2D eigenvalue weighted by Crippen LogP contribution is 2.40. The van der Waals surface area contributed by atoms with E-state index in [0.717, 1.165) is 104 Å². The van der Waals surface area contributed by atoms with Gasteiger partial charge in [0.1, 0.15) is 5.02 Å². The average molecular weight is 973 g/mol. The van der Waals surface area contributed by atoms with Crippen LogP contribution in [0.5, 0.6) is 0 Å². The first-order valence-electron chi connectivity index (χ1n) is 24.2. The van der Waals surface area contributed by atoms with Crippen molar-refractivity contribution < 1.29 is 9.59 Å². The molecule has 0 bridgehead atoms. The van der Waals surface area contributed by atoms with E-state index >= 15 is 0 Å². The molecular formula is C52H63Cl2N13O2. The highest BCUT2D eigenvalue weighted by atomic mass is 35.5. The van der Waals surface area contributed by atoms with Crippen LogP contribution in [0, 0.1) is 5.92 Å². The van der Waals surface area contributed by atoms with Crippen molar-refractivity contribution in [3.8, 4) is 28.3 Å². The van der Waals surface area contributed by atoms with Crippen LogP contribution in [0.25, 0.3) is 50.1 Å². The van der Waals surface area contributed by atoms with Crippen molar-refractivity contribution in [3.63, 3.8) is 0 Å². The number of fused-ring (bicyclic) bond motifs is 2. The van der Waals surface area contributed by atoms with Crippen LogP contribution in [0.2, 0.25) is 10.0 Å². The Kier molecular flexibility index (Phi) is 15.3. The molecule has 9 rings (SSSR count). The molecule has 69 heavy (non-hydrogen) atoms. The molecule has 3 atom stereocenters. The summed E-state index contributed by atoms with van der Waals surface area (Å²) < 4.78 is 2.01. The zero-order valence-corrected chi connectivity index (χ0v) is 41.5. The van der Waals surface area contributed by atoms with Gasteiger partial charge in [0.2, 0.25) is 23.7 Å². The molecule has 1 aliphatic carbocycles. The number of carbonyl (C=O) groups is 2. The standard InChI is InChI=1S/C52H63Cl2N13O2/c1-63(2)23-10-18-45(68)65-25-20-34(21-26-65)29-55-35-12-9-13-36(28-35)58-52-61-49(40-30-56-43-16-7-5-14-38(40)43)47(54)50(62-52)67-33-41(39-15-6-8-17-44(39)67)48-42(53)31-57-51(60-48)59-37-22-27-66(32-37)46(69)19-11-24-64(3)4/h5-8,10-11,14-19,30-31,33-37,55-56H,9,12-13,20-29,32H2,1-4H3,(H,57,59,60)(H,58,61,62)/b18-10+,19-11+/t35?,36?,37-/m1/s1. The molecule has 4 N–H and O–H groups in total. The summed E-state index contributed by atoms with van der Waals surface area (Å²) in [6.07, 6.45) is 19.7. The Balaban J connectivity index is 0.956. The molecule has 3 fully saturated rings. The van der Waals surface area contributed by atoms with E-state index in [1.165, 1.54) is 0 Å². The normalized spacial score (nSPS) is 19.3. The minimum Gasteiger partial charge on any atom is -0.360 e. The zero-order chi connectivity index (χ0) is 48.0. The first kappa shape index (κ1) is 48.2. The van der Waals surface area contributed by atoms with Crippen molar-refractivity contribution in [2.45, 2.75) is 63.1 Å². The van der Waals surface area contributed by atoms with Crippen LogP contribution in [-0.4, -0.2) is 153 Å². The number of anilines is 2. The van der Waals surface area contributed by atoms with Crippen molar-refractivity contribution in [1.82, 2.24) is 54.4 Å². The van der Waals surface area contributed by atoms with Gasteiger partial charge in [-0.25, -0.2) is 15.0 Å². The maximum absolute atomic E-state index is 12.9. The van der Waals surface area contributed by atoms with E-state index in [2.05, 4.69) is 38.1 Å². The maximum atomic E-state index is 12.9. The first-order valence-corrected chi connectivity index (χ1v) is 25.0. The SMILES string of the molecule is CN(C)C/C=C/C(=O)N1CCC(CNC2CCCC(Nc3nc(-c4c[nH]c5ccccc45)c(Cl)c(-n4cc(-c5nc(N[C@@H]6CCN(C(=O)/C=C/CN(C)C)C6)ncc5Cl)c5ccccc54)n3)C2)CC1. The van der Waals surface area contributed by atoms with Crippen molar-refractivity contribution in [3.05, 3.63) is 101 Å². The fourth-order valence-electron chi connectivity index (χ4n) is 9.85. The molecule has 6 heterocycles. The molecular weight excluding hydrogens is 910 g/mol. The monoisotopic (exact) mass is 971 g/mol. The second kappa shape index (κ2) is 21.8. The number of para-hydroxylation sites is 2. The number of likely N-dealkylation sites (N-methyl/N-ethyl adjacent to an activating group) is 2. The van der Waals surface area contributed by atoms with Crippen LogP contribution in [0.1, 0.15) is 44.9 Å². The maximum Gasteiger partial charge on any atom is 0.246 e. The molecule has 3 aliphatic rings. The molecule has 2 aliphatic heterocycles. The van der Waals surface area contributed by atoms with Gasteiger partial charge in [-0.3, -0.25) is 14.2 Å². The predicted molar refractivity (Wildman–Crippen MR) is 278 cm³/mol. The summed E-state index contributed by atoms with van der Waals surface area (Å²) in [5, 5.41) is 13.9. The lowest BCUT2D eigenvalue weighted by Crippen LogP contribution is -2.44. The van der Waals surface area contributed by atoms with Crippen molar-refractivity contribution >= 4 is 68.7 Å². The van der Waals surface area contributed by atoms with Crippen molar-refractivity contribution in [1.29, 1.82) is 0 Å². The molecule has 1 saturated carbocycles. The summed E-state index contributed by atoms with van der Waals surface area (Å²) in [4.78, 5) is 56.9. The number of aromatic amines is 1. The fraction of sp³-hybridized carbons (Fsp3) is 0.423. The van der Waals surface area contributed by atoms with Gasteiger partial charge in [0.05, 0.1) is 28.1 Å². The molecule has 2 aromatic carbocycles. The Morgan fingerprint density at radius 2 is 1.42 bits per heavy atom. The second-order valence-corrected chi connectivity index (χ2v) is 20.0. The molecule has 362 valence electrons. The average Bonchev–Trinajstić information content (AvgIpc) is 4.10. The van der Waals surface area contributed by atoms with E-state index in [1.54, 1.807) is 18.3 Å². The highest BCUT2D eigenvalue weighted by molar-refractivity contribution is 6.35. The lowest BCUT2D eigenvalue weighted by molar-refractivity contribution is -0.127. The van der Waals surface area contributed by atoms with E-state index in [9.17, 15) is 9.59 Å². The van der Waals surface area contributed by atoms with Gasteiger partial charge in [-0.2, -0.15) is 4.98 Å². The van der Waals surface area contributed by atoms with Crippen LogP contribution in [0.15, 0.2) is 91.4 Å². The number of rotatable bonds is 16. The Labute approximate surface area is 414 Å². The van der Waals surface area contributed by atoms with Crippen LogP contribution in [0.4, 0.5) is 11.9 Å². The summed E-state index contributed by atoms with van der Waals surface area (Å²) in [6.45, 7) is 5.18. The van der Waals surface area contributed by atoms with Crippen molar-refractivity contribution in [2.24, 2.45) is 5.92 Å². The lowest BCUT2D eigenvalue weighted by atomic mass is 9.90. The second-order valence-electron chi connectivity index (χ2n) is 19.2. The number of hydrogen-bond acceptors (Lipinski definition) is 11. The summed E-state index contributed by atoms with van der Waals surface area (Å²) in [5.74, 6) is 2.11. The predicted octanol–water partition coefficient (Wildman–Crippen LogP) is 8.13. The number of nitrogens with zero attached hydrogens (tertiary/aromatic N) is 9. The van der Waals surface area contributed by atoms with Crippen LogP contribution >= 0.6 is 23.2 Å². The molecule has 2 amide bonds. The Morgan fingerprint density at radius 1 is 0.754 bits per heavy atom. The van der Waals surface area contributed by atoms with E-state index in [1.807, 2.05) is 113 Å². The summed E-state index contributed by atoms with van der Waals surface area (Å²) in [7, 11) is 7.95. The number of aromatic nitrogens is 6. The van der Waals surface area contributed by atoms with Gasteiger partial charge in [0.25, 0.3) is 0 Å². The van der Waals surface area contributed by atoms with E-state index < -0.39 is 0 Å². The van der Waals surface area contributed by atoms with Crippen LogP contribution in [-0.2, 0) is 9.59 Å². The summed E-state index contributed by atoms with van der Waals surface area (Å²) >= 11 is 14.5. The molecule has 0 radical (unpaired) electrons. The quantitative estimate of drug-likeness (QED) is 0.0696. The topological polar surface area (TPSA) is 155 Å². The van der Waals surface area contributed by atoms with Gasteiger partial charge >= 0.3 is 0 Å². The van der Waals surface area contributed by atoms with Crippen LogP contribution < -0.4 is 16.0 Å². The number of piperidine rings is 1. The van der Waals surface area contributed by atoms with Gasteiger partial charge in [-0.05, 0) is 97.7 Å². The molecule has 6 aromatic rings. The number of nitrogens with one attached hydrogen (secondary N) is 4. The number of benzene rings is 2. The number of halogens is 2. The third-order valence-corrected chi connectivity index (χ3v) is 14.2. The lowest BCUT2D eigenvalue weighted by Gasteiger charge is -2.34. The van der Waals surface area contributed by atoms with E-state index in [0.29, 0.717) is 70.7 Å². The molecule has 0 spiro atoms. The summed E-state index contributed by atoms with van der Waals surface area (Å²) in [6, 6.07) is 16.7. The minimum atomic E-state index is -0.0158. The molecule has 2 unspecified atom stereocenters. The molecule has 4 aromatic heterocycles. The van der Waals surface area contributed by atoms with Gasteiger partial charge < -0.3 is 40.5 Å². The first-order chi connectivity index (χ1) is 33.5. The Hall–Kier alpha value is -5.84. The Bertz CT molecular complexity index is 2830. The van der Waals surface area contributed by atoms with Crippen LogP contribution in [0.3, 0.4) is 0 Å².